The van der Waals surface area contributed by atoms with Crippen molar-refractivity contribution in [1.29, 1.82) is 0 Å². The van der Waals surface area contributed by atoms with Crippen molar-refractivity contribution >= 4 is 11.5 Å². The van der Waals surface area contributed by atoms with Crippen molar-refractivity contribution in [2.24, 2.45) is 5.92 Å². The molecule has 1 aromatic carbocycles. The topological polar surface area (TPSA) is 71.3 Å². The lowest BCUT2D eigenvalue weighted by atomic mass is 10.1. The van der Waals surface area contributed by atoms with E-state index in [0.29, 0.717) is 12.0 Å². The van der Waals surface area contributed by atoms with Gasteiger partial charge in [0.15, 0.2) is 0 Å². The molecular weight excluding hydrogens is 304 g/mol. The van der Waals surface area contributed by atoms with Crippen LogP contribution in [-0.4, -0.2) is 33.9 Å². The highest BCUT2D eigenvalue weighted by Crippen LogP contribution is 2.24. The number of nitro groups is 1. The maximum atomic E-state index is 10.8. The van der Waals surface area contributed by atoms with Crippen molar-refractivity contribution in [2.45, 2.75) is 26.4 Å². The minimum absolute atomic E-state index is 0.0308. The summed E-state index contributed by atoms with van der Waals surface area (Å²) in [5.41, 5.74) is 2.15. The highest BCUT2D eigenvalue weighted by molar-refractivity contribution is 5.49. The SMILES string of the molecule is Cc1cc([N+](=O)[O-])cnc1NC1CN(Cc2ccccc2)CC1C. The second kappa shape index (κ2) is 6.97. The van der Waals surface area contributed by atoms with Crippen LogP contribution in [0.4, 0.5) is 11.5 Å². The van der Waals surface area contributed by atoms with Gasteiger partial charge in [-0.1, -0.05) is 37.3 Å². The predicted octanol–water partition coefficient (Wildman–Crippen LogP) is 3.23. The van der Waals surface area contributed by atoms with Crippen molar-refractivity contribution in [2.75, 3.05) is 18.4 Å². The second-order valence-corrected chi connectivity index (χ2v) is 6.52. The van der Waals surface area contributed by atoms with Crippen LogP contribution in [0, 0.1) is 23.0 Å². The molecule has 1 aliphatic heterocycles. The zero-order valence-electron chi connectivity index (χ0n) is 14.0. The second-order valence-electron chi connectivity index (χ2n) is 6.52. The lowest BCUT2D eigenvalue weighted by Gasteiger charge is -2.19. The van der Waals surface area contributed by atoms with Crippen LogP contribution in [0.1, 0.15) is 18.1 Å². The van der Waals surface area contributed by atoms with Gasteiger partial charge in [0.05, 0.1) is 4.92 Å². The molecule has 24 heavy (non-hydrogen) atoms. The van der Waals surface area contributed by atoms with Crippen LogP contribution in [0.5, 0.6) is 0 Å². The number of likely N-dealkylation sites (tertiary alicyclic amines) is 1. The van der Waals surface area contributed by atoms with Gasteiger partial charge in [0.1, 0.15) is 12.0 Å². The van der Waals surface area contributed by atoms with Gasteiger partial charge in [-0.15, -0.1) is 0 Å². The molecule has 1 saturated heterocycles. The Balaban J connectivity index is 1.64. The molecule has 0 aliphatic carbocycles. The van der Waals surface area contributed by atoms with E-state index < -0.39 is 4.92 Å². The molecule has 1 aliphatic rings. The fourth-order valence-electron chi connectivity index (χ4n) is 3.21. The van der Waals surface area contributed by atoms with Crippen molar-refractivity contribution in [3.8, 4) is 0 Å². The molecule has 1 N–H and O–H groups in total. The van der Waals surface area contributed by atoms with Crippen LogP contribution >= 0.6 is 0 Å². The third-order valence-corrected chi connectivity index (χ3v) is 4.53. The van der Waals surface area contributed by atoms with Crippen molar-refractivity contribution in [3.63, 3.8) is 0 Å². The summed E-state index contributed by atoms with van der Waals surface area (Å²) in [6.07, 6.45) is 1.32. The highest BCUT2D eigenvalue weighted by atomic mass is 16.6. The Morgan fingerprint density at radius 2 is 2.08 bits per heavy atom. The van der Waals surface area contributed by atoms with E-state index in [1.54, 1.807) is 6.07 Å². The van der Waals surface area contributed by atoms with Crippen LogP contribution in [0.3, 0.4) is 0 Å². The summed E-state index contributed by atoms with van der Waals surface area (Å²) < 4.78 is 0. The van der Waals surface area contributed by atoms with Gasteiger partial charge in [-0.25, -0.2) is 4.98 Å². The summed E-state index contributed by atoms with van der Waals surface area (Å²) in [5.74, 6) is 1.23. The van der Waals surface area contributed by atoms with Crippen molar-refractivity contribution < 1.29 is 4.92 Å². The molecule has 1 fully saturated rings. The van der Waals surface area contributed by atoms with E-state index >= 15 is 0 Å². The van der Waals surface area contributed by atoms with Gasteiger partial charge in [-0.3, -0.25) is 15.0 Å². The fourth-order valence-corrected chi connectivity index (χ4v) is 3.21. The van der Waals surface area contributed by atoms with Gasteiger partial charge in [0.25, 0.3) is 5.69 Å². The third kappa shape index (κ3) is 3.71. The summed E-state index contributed by atoms with van der Waals surface area (Å²) in [6, 6.07) is 12.3. The van der Waals surface area contributed by atoms with Crippen molar-refractivity contribution in [1.82, 2.24) is 9.88 Å². The summed E-state index contributed by atoms with van der Waals surface area (Å²) in [4.78, 5) is 17.1. The van der Waals surface area contributed by atoms with Gasteiger partial charge < -0.3 is 5.32 Å². The molecule has 0 bridgehead atoms. The number of hydrogen-bond donors (Lipinski definition) is 1. The molecule has 2 unspecified atom stereocenters. The number of nitrogens with one attached hydrogen (secondary N) is 1. The van der Waals surface area contributed by atoms with E-state index in [4.69, 9.17) is 0 Å². The summed E-state index contributed by atoms with van der Waals surface area (Å²) in [7, 11) is 0. The average Bonchev–Trinajstić information content (AvgIpc) is 2.89. The first-order valence-corrected chi connectivity index (χ1v) is 8.17. The lowest BCUT2D eigenvalue weighted by Crippen LogP contribution is -2.28. The molecule has 6 heteroatoms. The first-order valence-electron chi connectivity index (χ1n) is 8.17. The first kappa shape index (κ1) is 16.4. The largest absolute Gasteiger partial charge is 0.366 e. The Morgan fingerprint density at radius 3 is 2.75 bits per heavy atom. The molecule has 2 atom stereocenters. The molecule has 0 saturated carbocycles. The van der Waals surface area contributed by atoms with Crippen LogP contribution < -0.4 is 5.32 Å². The normalized spacial score (nSPS) is 20.9. The molecule has 2 aromatic rings. The molecule has 126 valence electrons. The van der Waals surface area contributed by atoms with E-state index in [1.807, 2.05) is 13.0 Å². The Labute approximate surface area is 141 Å². The van der Waals surface area contributed by atoms with E-state index in [9.17, 15) is 10.1 Å². The minimum atomic E-state index is -0.413. The molecule has 3 rings (SSSR count). The van der Waals surface area contributed by atoms with E-state index in [0.717, 1.165) is 31.0 Å². The average molecular weight is 326 g/mol. The Bertz CT molecular complexity index is 720. The van der Waals surface area contributed by atoms with Crippen LogP contribution in [-0.2, 0) is 6.54 Å². The lowest BCUT2D eigenvalue weighted by molar-refractivity contribution is -0.385. The zero-order valence-corrected chi connectivity index (χ0v) is 14.0. The van der Waals surface area contributed by atoms with Gasteiger partial charge >= 0.3 is 0 Å². The maximum Gasteiger partial charge on any atom is 0.287 e. The fraction of sp³-hybridized carbons (Fsp3) is 0.389. The standard InChI is InChI=1S/C18H22N4O2/c1-13-8-16(22(23)24)9-19-18(13)20-17-12-21(10-14(17)2)11-15-6-4-3-5-7-15/h3-9,14,17H,10-12H2,1-2H3,(H,19,20). The Hall–Kier alpha value is -2.47. The van der Waals surface area contributed by atoms with Gasteiger partial charge in [0, 0.05) is 31.7 Å². The molecule has 6 nitrogen and oxygen atoms in total. The first-order chi connectivity index (χ1) is 11.5. The smallest absolute Gasteiger partial charge is 0.287 e. The molecular formula is C18H22N4O2. The number of aryl methyl sites for hydroxylation is 1. The summed E-state index contributed by atoms with van der Waals surface area (Å²) >= 11 is 0. The predicted molar refractivity (Wildman–Crippen MR) is 93.9 cm³/mol. The number of rotatable bonds is 5. The quantitative estimate of drug-likeness (QED) is 0.675. The van der Waals surface area contributed by atoms with E-state index in [1.165, 1.54) is 11.8 Å². The van der Waals surface area contributed by atoms with Crippen LogP contribution in [0.15, 0.2) is 42.6 Å². The number of pyridine rings is 1. The number of hydrogen-bond acceptors (Lipinski definition) is 5. The molecule has 0 spiro atoms. The number of anilines is 1. The Kier molecular flexibility index (Phi) is 4.76. The van der Waals surface area contributed by atoms with Crippen molar-refractivity contribution in [3.05, 3.63) is 63.8 Å². The molecule has 1 aromatic heterocycles. The maximum absolute atomic E-state index is 10.8. The van der Waals surface area contributed by atoms with Gasteiger partial charge in [-0.2, -0.15) is 0 Å². The zero-order chi connectivity index (χ0) is 17.1. The van der Waals surface area contributed by atoms with E-state index in [2.05, 4.69) is 46.4 Å². The molecule has 0 amide bonds. The summed E-state index contributed by atoms with van der Waals surface area (Å²) in [6.45, 7) is 6.98. The highest BCUT2D eigenvalue weighted by Gasteiger charge is 2.30. The molecule has 0 radical (unpaired) electrons. The Morgan fingerprint density at radius 1 is 1.33 bits per heavy atom. The molecule has 2 heterocycles. The summed E-state index contributed by atoms with van der Waals surface area (Å²) in [5, 5.41) is 14.3. The van der Waals surface area contributed by atoms with E-state index in [-0.39, 0.29) is 5.69 Å². The monoisotopic (exact) mass is 326 g/mol. The van der Waals surface area contributed by atoms with Gasteiger partial charge in [0.2, 0.25) is 0 Å². The van der Waals surface area contributed by atoms with Crippen LogP contribution in [0.2, 0.25) is 0 Å². The van der Waals surface area contributed by atoms with Crippen LogP contribution in [0.25, 0.3) is 0 Å². The number of benzene rings is 1. The number of aromatic nitrogens is 1. The minimum Gasteiger partial charge on any atom is -0.366 e. The van der Waals surface area contributed by atoms with Gasteiger partial charge in [-0.05, 0) is 24.0 Å². The third-order valence-electron chi connectivity index (χ3n) is 4.53. The number of nitrogens with zero attached hydrogens (tertiary/aromatic N) is 3.